The molecule has 0 aromatic heterocycles. The van der Waals surface area contributed by atoms with E-state index in [1.807, 2.05) is 60.7 Å². The van der Waals surface area contributed by atoms with Gasteiger partial charge in [-0.05, 0) is 41.7 Å². The van der Waals surface area contributed by atoms with E-state index < -0.39 is 0 Å². The van der Waals surface area contributed by atoms with Gasteiger partial charge in [-0.1, -0.05) is 74.0 Å². The first kappa shape index (κ1) is 17.1. The van der Waals surface area contributed by atoms with E-state index >= 15 is 0 Å². The van der Waals surface area contributed by atoms with Crippen LogP contribution in [0.1, 0.15) is 36.2 Å². The van der Waals surface area contributed by atoms with Gasteiger partial charge in [0.2, 0.25) is 0 Å². The van der Waals surface area contributed by atoms with Crippen LogP contribution in [0, 0.1) is 5.82 Å². The zero-order chi connectivity index (χ0) is 17.8. The number of carbonyl (C=O) groups is 1. The second-order valence-corrected chi connectivity index (χ2v) is 6.28. The second kappa shape index (κ2) is 7.43. The Labute approximate surface area is 148 Å². The van der Waals surface area contributed by atoms with E-state index in [4.69, 9.17) is 0 Å². The minimum Gasteiger partial charge on any atom is -0.295 e. The lowest BCUT2D eigenvalue weighted by Crippen LogP contribution is -1.91. The molecule has 2 heteroatoms. The van der Waals surface area contributed by atoms with Crippen molar-refractivity contribution in [2.24, 2.45) is 0 Å². The molecule has 0 saturated carbocycles. The highest BCUT2D eigenvalue weighted by molar-refractivity contribution is 5.94. The van der Waals surface area contributed by atoms with Gasteiger partial charge in [-0.3, -0.25) is 4.79 Å². The number of hydrogen-bond donors (Lipinski definition) is 0. The number of ketones is 1. The lowest BCUT2D eigenvalue weighted by molar-refractivity contribution is 0.101. The highest BCUT2D eigenvalue weighted by Gasteiger charge is 2.07. The van der Waals surface area contributed by atoms with E-state index in [0.29, 0.717) is 11.1 Å². The molecular weight excluding hydrogens is 311 g/mol. The highest BCUT2D eigenvalue weighted by atomic mass is 19.1. The Balaban J connectivity index is 1.86. The van der Waals surface area contributed by atoms with Crippen molar-refractivity contribution < 1.29 is 9.18 Å². The average molecular weight is 332 g/mol. The molecule has 3 rings (SSSR count). The third-order valence-electron chi connectivity index (χ3n) is 4.39. The van der Waals surface area contributed by atoms with Crippen LogP contribution < -0.4 is 0 Å². The van der Waals surface area contributed by atoms with Crippen molar-refractivity contribution in [3.8, 4) is 22.3 Å². The van der Waals surface area contributed by atoms with E-state index in [1.165, 1.54) is 0 Å². The summed E-state index contributed by atoms with van der Waals surface area (Å²) in [6.45, 7) is 3.65. The van der Waals surface area contributed by atoms with Crippen LogP contribution in [0.25, 0.3) is 22.3 Å². The third-order valence-corrected chi connectivity index (χ3v) is 4.39. The number of aryl methyl sites for hydroxylation is 1. The van der Waals surface area contributed by atoms with Crippen LogP contribution in [-0.2, 0) is 6.42 Å². The summed E-state index contributed by atoms with van der Waals surface area (Å²) in [5, 5.41) is 0. The van der Waals surface area contributed by atoms with Crippen LogP contribution >= 0.6 is 0 Å². The Bertz CT molecular complexity index is 877. The second-order valence-electron chi connectivity index (χ2n) is 6.28. The summed E-state index contributed by atoms with van der Waals surface area (Å²) in [6, 6.07) is 20.9. The van der Waals surface area contributed by atoms with Crippen LogP contribution in [0.15, 0.2) is 66.7 Å². The minimum absolute atomic E-state index is 0.0592. The number of Topliss-reactive ketones (excluding diaryl/α,β-unsaturated/α-hetero) is 1. The summed E-state index contributed by atoms with van der Waals surface area (Å²) < 4.78 is 14.4. The molecule has 25 heavy (non-hydrogen) atoms. The van der Waals surface area contributed by atoms with Crippen molar-refractivity contribution in [1.82, 2.24) is 0 Å². The zero-order valence-electron chi connectivity index (χ0n) is 14.6. The molecule has 0 fully saturated rings. The monoisotopic (exact) mass is 332 g/mol. The van der Waals surface area contributed by atoms with Crippen LogP contribution in [0.3, 0.4) is 0 Å². The van der Waals surface area contributed by atoms with Crippen LogP contribution in [0.4, 0.5) is 4.39 Å². The van der Waals surface area contributed by atoms with Crippen LogP contribution in [0.5, 0.6) is 0 Å². The number of rotatable bonds is 5. The summed E-state index contributed by atoms with van der Waals surface area (Å²) in [4.78, 5) is 11.4. The molecule has 0 unspecified atom stereocenters. The van der Waals surface area contributed by atoms with Gasteiger partial charge in [0.15, 0.2) is 5.78 Å². The number of carbonyl (C=O) groups excluding carboxylic acids is 1. The van der Waals surface area contributed by atoms with Crippen LogP contribution in [0.2, 0.25) is 0 Å². The first-order chi connectivity index (χ1) is 12.1. The Morgan fingerprint density at radius 1 is 0.840 bits per heavy atom. The van der Waals surface area contributed by atoms with Gasteiger partial charge in [0.05, 0.1) is 0 Å². The first-order valence-corrected chi connectivity index (χ1v) is 8.58. The van der Waals surface area contributed by atoms with Gasteiger partial charge in [0, 0.05) is 11.1 Å². The summed E-state index contributed by atoms with van der Waals surface area (Å²) in [5.41, 5.74) is 5.31. The molecule has 126 valence electrons. The van der Waals surface area contributed by atoms with Gasteiger partial charge in [-0.2, -0.15) is 0 Å². The Morgan fingerprint density at radius 3 is 1.92 bits per heavy atom. The lowest BCUT2D eigenvalue weighted by atomic mass is 9.98. The van der Waals surface area contributed by atoms with E-state index in [9.17, 15) is 9.18 Å². The van der Waals surface area contributed by atoms with Gasteiger partial charge >= 0.3 is 0 Å². The average Bonchev–Trinajstić information content (AvgIpc) is 2.62. The number of benzene rings is 3. The van der Waals surface area contributed by atoms with E-state index in [-0.39, 0.29) is 11.6 Å². The summed E-state index contributed by atoms with van der Waals surface area (Å²) >= 11 is 0. The smallest absolute Gasteiger partial charge is 0.159 e. The largest absolute Gasteiger partial charge is 0.295 e. The Morgan fingerprint density at radius 2 is 1.40 bits per heavy atom. The quantitative estimate of drug-likeness (QED) is 0.500. The fourth-order valence-corrected chi connectivity index (χ4v) is 2.98. The summed E-state index contributed by atoms with van der Waals surface area (Å²) in [5.74, 6) is -0.117. The molecule has 0 atom stereocenters. The fourth-order valence-electron chi connectivity index (χ4n) is 2.98. The number of hydrogen-bond acceptors (Lipinski definition) is 1. The Hall–Kier alpha value is -2.74. The molecule has 0 bridgehead atoms. The lowest BCUT2D eigenvalue weighted by Gasteiger charge is -2.08. The van der Waals surface area contributed by atoms with Crippen LogP contribution in [-0.4, -0.2) is 5.78 Å². The minimum atomic E-state index is -0.176. The van der Waals surface area contributed by atoms with Crippen molar-refractivity contribution in [2.45, 2.75) is 26.7 Å². The van der Waals surface area contributed by atoms with Gasteiger partial charge in [-0.15, -0.1) is 0 Å². The van der Waals surface area contributed by atoms with Crippen molar-refractivity contribution in [2.75, 3.05) is 0 Å². The molecule has 0 aliphatic heterocycles. The van der Waals surface area contributed by atoms with Crippen molar-refractivity contribution >= 4 is 5.78 Å². The molecular formula is C23H21FO. The third kappa shape index (κ3) is 3.85. The van der Waals surface area contributed by atoms with Crippen molar-refractivity contribution in [3.63, 3.8) is 0 Å². The maximum absolute atomic E-state index is 14.4. The predicted octanol–water partition coefficient (Wildman–Crippen LogP) is 6.31. The molecule has 0 heterocycles. The van der Waals surface area contributed by atoms with E-state index in [0.717, 1.165) is 35.1 Å². The number of halogens is 1. The maximum Gasteiger partial charge on any atom is 0.159 e. The normalized spacial score (nSPS) is 10.7. The maximum atomic E-state index is 14.4. The summed E-state index contributed by atoms with van der Waals surface area (Å²) in [7, 11) is 0. The molecule has 0 saturated heterocycles. The highest BCUT2D eigenvalue weighted by Crippen LogP contribution is 2.27. The summed E-state index contributed by atoms with van der Waals surface area (Å²) in [6.07, 6.45) is 1.91. The van der Waals surface area contributed by atoms with E-state index in [2.05, 4.69) is 6.92 Å². The molecule has 0 amide bonds. The van der Waals surface area contributed by atoms with Crippen molar-refractivity contribution in [1.29, 1.82) is 0 Å². The molecule has 0 aliphatic rings. The van der Waals surface area contributed by atoms with E-state index in [1.54, 1.807) is 13.0 Å². The molecule has 0 spiro atoms. The molecule has 1 nitrogen and oxygen atoms in total. The predicted molar refractivity (Wildman–Crippen MR) is 101 cm³/mol. The van der Waals surface area contributed by atoms with Gasteiger partial charge in [-0.25, -0.2) is 4.39 Å². The standard InChI is InChI=1S/C23H21FO/c1-3-4-17-5-14-22(23(24)15-17)21-12-10-20(11-13-21)19-8-6-18(7-9-19)16(2)25/h5-15H,3-4H2,1-2H3. The molecule has 3 aromatic carbocycles. The topological polar surface area (TPSA) is 17.1 Å². The Kier molecular flexibility index (Phi) is 5.08. The fraction of sp³-hybridized carbons (Fsp3) is 0.174. The first-order valence-electron chi connectivity index (χ1n) is 8.58. The van der Waals surface area contributed by atoms with Gasteiger partial charge in [0.1, 0.15) is 5.82 Å². The SMILES string of the molecule is CCCc1ccc(-c2ccc(-c3ccc(C(C)=O)cc3)cc2)c(F)c1. The van der Waals surface area contributed by atoms with Gasteiger partial charge < -0.3 is 0 Å². The van der Waals surface area contributed by atoms with Gasteiger partial charge in [0.25, 0.3) is 0 Å². The zero-order valence-corrected chi connectivity index (χ0v) is 14.6. The van der Waals surface area contributed by atoms with Crippen molar-refractivity contribution in [3.05, 3.63) is 83.7 Å². The molecule has 0 radical (unpaired) electrons. The molecule has 0 aliphatic carbocycles. The molecule has 0 N–H and O–H groups in total. The molecule has 3 aromatic rings.